The van der Waals surface area contributed by atoms with Gasteiger partial charge >= 0.3 is 5.97 Å². The first-order chi connectivity index (χ1) is 4.57. The minimum Gasteiger partial charge on any atom is -0.468 e. The molecule has 4 nitrogen and oxygen atoms in total. The van der Waals surface area contributed by atoms with Crippen LogP contribution in [0.2, 0.25) is 0 Å². The second kappa shape index (κ2) is 4.24. The summed E-state index contributed by atoms with van der Waals surface area (Å²) in [7, 11) is 1.27. The quantitative estimate of drug-likeness (QED) is 0.515. The van der Waals surface area contributed by atoms with Gasteiger partial charge in [0.25, 0.3) is 0 Å². The minimum absolute atomic E-state index is 0.243. The molecule has 4 heteroatoms. The highest BCUT2D eigenvalue weighted by Gasteiger charge is 2.15. The number of esters is 1. The van der Waals surface area contributed by atoms with Crippen molar-refractivity contribution in [1.29, 1.82) is 0 Å². The Morgan fingerprint density at radius 3 is 2.60 bits per heavy atom. The molecule has 0 radical (unpaired) electrons. The van der Waals surface area contributed by atoms with Gasteiger partial charge in [-0.25, -0.2) is 0 Å². The van der Waals surface area contributed by atoms with Crippen LogP contribution in [0.5, 0.6) is 0 Å². The monoisotopic (exact) mass is 147 g/mol. The Kier molecular flexibility index (Phi) is 3.99. The van der Waals surface area contributed by atoms with Crippen molar-refractivity contribution in [2.24, 2.45) is 5.73 Å². The van der Waals surface area contributed by atoms with Crippen molar-refractivity contribution in [2.45, 2.75) is 25.5 Å². The van der Waals surface area contributed by atoms with Gasteiger partial charge in [0.15, 0.2) is 0 Å². The zero-order valence-corrected chi connectivity index (χ0v) is 6.20. The van der Waals surface area contributed by atoms with Crippen molar-refractivity contribution in [3.63, 3.8) is 0 Å². The number of hydrogen-bond acceptors (Lipinski definition) is 4. The number of methoxy groups -OCH3 is 1. The number of carbonyl (C=O) groups excluding carboxylic acids is 1. The summed E-state index contributed by atoms with van der Waals surface area (Å²) in [6.07, 6.45) is -0.318. The molecule has 0 spiro atoms. The van der Waals surface area contributed by atoms with Crippen LogP contribution in [0.4, 0.5) is 0 Å². The molecule has 0 heterocycles. The predicted molar refractivity (Wildman–Crippen MR) is 36.3 cm³/mol. The Bertz CT molecular complexity index is 114. The number of aliphatic hydroxyl groups is 1. The molecule has 0 bridgehead atoms. The predicted octanol–water partition coefficient (Wildman–Crippen LogP) is -0.742. The van der Waals surface area contributed by atoms with E-state index in [4.69, 9.17) is 10.8 Å². The highest BCUT2D eigenvalue weighted by atomic mass is 16.5. The van der Waals surface area contributed by atoms with E-state index in [1.807, 2.05) is 0 Å². The number of nitrogens with two attached hydrogens (primary N) is 1. The molecular weight excluding hydrogens is 134 g/mol. The van der Waals surface area contributed by atoms with Gasteiger partial charge in [0.2, 0.25) is 0 Å². The zero-order valence-electron chi connectivity index (χ0n) is 6.20. The fourth-order valence-electron chi connectivity index (χ4n) is 0.615. The maximum absolute atomic E-state index is 10.6. The molecule has 0 aliphatic rings. The third-order valence-corrected chi connectivity index (χ3v) is 1.10. The lowest BCUT2D eigenvalue weighted by Gasteiger charge is -2.09. The van der Waals surface area contributed by atoms with E-state index >= 15 is 0 Å². The van der Waals surface area contributed by atoms with Gasteiger partial charge in [-0.1, -0.05) is 0 Å². The van der Waals surface area contributed by atoms with E-state index < -0.39 is 18.1 Å². The second-order valence-electron chi connectivity index (χ2n) is 2.21. The van der Waals surface area contributed by atoms with Crippen molar-refractivity contribution in [1.82, 2.24) is 0 Å². The topological polar surface area (TPSA) is 72.5 Å². The van der Waals surface area contributed by atoms with Crippen LogP contribution in [-0.2, 0) is 9.53 Å². The molecule has 0 aromatic carbocycles. The smallest absolute Gasteiger partial charge is 0.322 e. The van der Waals surface area contributed by atoms with Crippen LogP contribution in [0, 0.1) is 0 Å². The van der Waals surface area contributed by atoms with Gasteiger partial charge < -0.3 is 15.6 Å². The molecule has 0 aromatic rings. The average Bonchev–Trinajstić information content (AvgIpc) is 1.85. The lowest BCUT2D eigenvalue weighted by molar-refractivity contribution is -0.142. The first-order valence-corrected chi connectivity index (χ1v) is 3.09. The maximum atomic E-state index is 10.6. The Hall–Kier alpha value is -0.610. The van der Waals surface area contributed by atoms with Crippen LogP contribution in [-0.4, -0.2) is 30.3 Å². The van der Waals surface area contributed by atoms with Crippen molar-refractivity contribution < 1.29 is 14.6 Å². The van der Waals surface area contributed by atoms with Crippen molar-refractivity contribution in [3.05, 3.63) is 0 Å². The maximum Gasteiger partial charge on any atom is 0.322 e. The van der Waals surface area contributed by atoms with Crippen molar-refractivity contribution in [2.75, 3.05) is 7.11 Å². The molecular formula is C6H13NO3. The van der Waals surface area contributed by atoms with Crippen molar-refractivity contribution >= 4 is 5.97 Å². The third kappa shape index (κ3) is 3.42. The van der Waals surface area contributed by atoms with E-state index in [0.29, 0.717) is 0 Å². The number of rotatable bonds is 3. The molecule has 2 atom stereocenters. The molecule has 0 rings (SSSR count). The normalized spacial score (nSPS) is 16.0. The van der Waals surface area contributed by atoms with Crippen LogP contribution >= 0.6 is 0 Å². The lowest BCUT2D eigenvalue weighted by Crippen LogP contribution is -2.34. The first-order valence-electron chi connectivity index (χ1n) is 3.09. The number of hydrogen-bond donors (Lipinski definition) is 2. The van der Waals surface area contributed by atoms with E-state index in [2.05, 4.69) is 4.74 Å². The van der Waals surface area contributed by atoms with Crippen LogP contribution < -0.4 is 5.73 Å². The van der Waals surface area contributed by atoms with Crippen LogP contribution in [0.1, 0.15) is 13.3 Å². The number of ether oxygens (including phenoxy) is 1. The summed E-state index contributed by atoms with van der Waals surface area (Å²) < 4.78 is 4.34. The van der Waals surface area contributed by atoms with Crippen LogP contribution in [0.15, 0.2) is 0 Å². The minimum atomic E-state index is -0.704. The van der Waals surface area contributed by atoms with Crippen molar-refractivity contribution in [3.8, 4) is 0 Å². The van der Waals surface area contributed by atoms with Gasteiger partial charge in [0.05, 0.1) is 13.2 Å². The molecule has 0 aliphatic carbocycles. The Morgan fingerprint density at radius 1 is 1.80 bits per heavy atom. The summed E-state index contributed by atoms with van der Waals surface area (Å²) in [5.41, 5.74) is 5.29. The second-order valence-corrected chi connectivity index (χ2v) is 2.21. The molecule has 0 saturated carbocycles. The van der Waals surface area contributed by atoms with E-state index in [-0.39, 0.29) is 6.42 Å². The fourth-order valence-corrected chi connectivity index (χ4v) is 0.615. The van der Waals surface area contributed by atoms with Gasteiger partial charge in [-0.3, -0.25) is 4.79 Å². The Labute approximate surface area is 60.0 Å². The highest BCUT2D eigenvalue weighted by molar-refractivity contribution is 5.75. The number of carbonyl (C=O) groups is 1. The summed E-state index contributed by atoms with van der Waals surface area (Å²) in [5.74, 6) is -0.485. The molecule has 3 N–H and O–H groups in total. The molecule has 0 amide bonds. The summed E-state index contributed by atoms with van der Waals surface area (Å²) in [4.78, 5) is 10.6. The standard InChI is InChI=1S/C6H13NO3/c1-4(8)3-5(7)6(9)10-2/h4-5,8H,3,7H2,1-2H3. The molecule has 0 saturated heterocycles. The fraction of sp³-hybridized carbons (Fsp3) is 0.833. The molecule has 0 aliphatic heterocycles. The summed E-state index contributed by atoms with van der Waals surface area (Å²) >= 11 is 0. The highest BCUT2D eigenvalue weighted by Crippen LogP contribution is 1.95. The first kappa shape index (κ1) is 9.39. The van der Waals surface area contributed by atoms with E-state index in [9.17, 15) is 4.79 Å². The van der Waals surface area contributed by atoms with E-state index in [0.717, 1.165) is 0 Å². The van der Waals surface area contributed by atoms with Gasteiger partial charge in [-0.15, -0.1) is 0 Å². The zero-order chi connectivity index (χ0) is 8.15. The molecule has 60 valence electrons. The Morgan fingerprint density at radius 2 is 2.30 bits per heavy atom. The Balaban J connectivity index is 3.61. The lowest BCUT2D eigenvalue weighted by atomic mass is 10.1. The van der Waals surface area contributed by atoms with Crippen LogP contribution in [0.3, 0.4) is 0 Å². The molecule has 10 heavy (non-hydrogen) atoms. The summed E-state index contributed by atoms with van der Waals surface area (Å²) in [5, 5.41) is 8.78. The van der Waals surface area contributed by atoms with Gasteiger partial charge in [0.1, 0.15) is 6.04 Å². The molecule has 2 unspecified atom stereocenters. The van der Waals surface area contributed by atoms with Gasteiger partial charge in [0, 0.05) is 0 Å². The third-order valence-electron chi connectivity index (χ3n) is 1.10. The molecule has 0 fully saturated rings. The number of aliphatic hydroxyl groups excluding tert-OH is 1. The SMILES string of the molecule is COC(=O)C(N)CC(C)O. The van der Waals surface area contributed by atoms with E-state index in [1.165, 1.54) is 7.11 Å². The van der Waals surface area contributed by atoms with E-state index in [1.54, 1.807) is 6.92 Å². The average molecular weight is 147 g/mol. The largest absolute Gasteiger partial charge is 0.468 e. The van der Waals surface area contributed by atoms with Gasteiger partial charge in [-0.05, 0) is 13.3 Å². The molecule has 0 aromatic heterocycles. The van der Waals surface area contributed by atoms with Crippen LogP contribution in [0.25, 0.3) is 0 Å². The summed E-state index contributed by atoms with van der Waals surface area (Å²) in [6.45, 7) is 1.57. The summed E-state index contributed by atoms with van der Waals surface area (Å²) in [6, 6.07) is -0.704. The van der Waals surface area contributed by atoms with Gasteiger partial charge in [-0.2, -0.15) is 0 Å².